The number of fused-ring (bicyclic) bond motifs is 3. The molecule has 0 saturated carbocycles. The van der Waals surface area contributed by atoms with Crippen molar-refractivity contribution in [3.8, 4) is 5.75 Å². The molecule has 0 bridgehead atoms. The second-order valence-electron chi connectivity index (χ2n) is 8.27. The Bertz CT molecular complexity index is 948. The predicted molar refractivity (Wildman–Crippen MR) is 118 cm³/mol. The van der Waals surface area contributed by atoms with Gasteiger partial charge in [-0.15, -0.1) is 11.3 Å². The molecule has 0 N–H and O–H groups in total. The lowest BCUT2D eigenvalue weighted by Crippen LogP contribution is -2.50. The zero-order valence-electron chi connectivity index (χ0n) is 17.1. The molecule has 30 heavy (non-hydrogen) atoms. The van der Waals surface area contributed by atoms with E-state index in [0.29, 0.717) is 6.61 Å². The van der Waals surface area contributed by atoms with Crippen LogP contribution in [0.25, 0.3) is 6.08 Å². The van der Waals surface area contributed by atoms with Gasteiger partial charge in [-0.1, -0.05) is 28.9 Å². The molecule has 5 nitrogen and oxygen atoms in total. The monoisotopic (exact) mass is 427 g/mol. The highest BCUT2D eigenvalue weighted by Crippen LogP contribution is 2.37. The minimum atomic E-state index is -0.194. The molecule has 7 heteroatoms. The Hall–Kier alpha value is -2.22. The summed E-state index contributed by atoms with van der Waals surface area (Å²) in [5, 5.41) is 6.45. The molecule has 3 aliphatic heterocycles. The van der Waals surface area contributed by atoms with Gasteiger partial charge in [0.05, 0.1) is 10.8 Å². The molecule has 1 aromatic carbocycles. The Kier molecular flexibility index (Phi) is 5.58. The highest BCUT2D eigenvalue weighted by molar-refractivity contribution is 7.12. The molecule has 2 aromatic rings. The molecular formula is C23H26FN3O2S. The number of rotatable bonds is 5. The maximum absolute atomic E-state index is 13.1. The molecule has 1 aromatic heterocycles. The molecule has 3 aliphatic rings. The van der Waals surface area contributed by atoms with Crippen molar-refractivity contribution in [2.24, 2.45) is 11.1 Å². The van der Waals surface area contributed by atoms with Gasteiger partial charge in [-0.25, -0.2) is 4.39 Å². The van der Waals surface area contributed by atoms with Gasteiger partial charge in [-0.05, 0) is 36.1 Å². The fourth-order valence-electron chi connectivity index (χ4n) is 4.40. The first-order valence-corrected chi connectivity index (χ1v) is 11.4. The molecule has 1 saturated heterocycles. The summed E-state index contributed by atoms with van der Waals surface area (Å²) in [6.07, 6.45) is 2.21. The summed E-state index contributed by atoms with van der Waals surface area (Å²) in [4.78, 5) is 11.9. The Balaban J connectivity index is 1.11. The van der Waals surface area contributed by atoms with E-state index in [4.69, 9.17) is 9.57 Å². The Labute approximate surface area is 180 Å². The van der Waals surface area contributed by atoms with Gasteiger partial charge >= 0.3 is 0 Å². The minimum absolute atomic E-state index is 0.0712. The highest BCUT2D eigenvalue weighted by Gasteiger charge is 2.41. The number of thiophene rings is 1. The van der Waals surface area contributed by atoms with E-state index < -0.39 is 0 Å². The number of benzene rings is 1. The number of nitrogens with zero attached hydrogens (tertiary/aromatic N) is 3. The SMILES string of the molecule is C/C(=C\c1ccc(F)cc1)CN1CCN(CC2ON=C3c4sccc4OCC32)CC1. The molecular weight excluding hydrogens is 401 g/mol. The highest BCUT2D eigenvalue weighted by atomic mass is 32.1. The fraction of sp³-hybridized carbons (Fsp3) is 0.435. The van der Waals surface area contributed by atoms with Crippen LogP contribution in [0.1, 0.15) is 17.4 Å². The summed E-state index contributed by atoms with van der Waals surface area (Å²) >= 11 is 1.68. The first-order valence-electron chi connectivity index (χ1n) is 10.5. The van der Waals surface area contributed by atoms with E-state index >= 15 is 0 Å². The Morgan fingerprint density at radius 1 is 1.17 bits per heavy atom. The quantitative estimate of drug-likeness (QED) is 0.729. The van der Waals surface area contributed by atoms with Crippen LogP contribution >= 0.6 is 11.3 Å². The summed E-state index contributed by atoms with van der Waals surface area (Å²) in [6.45, 7) is 8.74. The van der Waals surface area contributed by atoms with Gasteiger partial charge in [0.15, 0.2) is 6.10 Å². The number of ether oxygens (including phenoxy) is 1. The van der Waals surface area contributed by atoms with Crippen molar-refractivity contribution in [1.82, 2.24) is 9.80 Å². The largest absolute Gasteiger partial charge is 0.491 e. The van der Waals surface area contributed by atoms with Crippen LogP contribution in [0.4, 0.5) is 4.39 Å². The lowest BCUT2D eigenvalue weighted by molar-refractivity contribution is 0.0101. The van der Waals surface area contributed by atoms with Gasteiger partial charge in [0.2, 0.25) is 0 Å². The average Bonchev–Trinajstić information content (AvgIpc) is 3.38. The molecule has 1 fully saturated rings. The van der Waals surface area contributed by atoms with Crippen LogP contribution in [0, 0.1) is 11.7 Å². The van der Waals surface area contributed by atoms with Crippen molar-refractivity contribution >= 4 is 23.1 Å². The zero-order chi connectivity index (χ0) is 20.5. The number of hydrogen-bond acceptors (Lipinski definition) is 6. The fourth-order valence-corrected chi connectivity index (χ4v) is 5.28. The first-order chi connectivity index (χ1) is 14.7. The molecule has 2 unspecified atom stereocenters. The standard InChI is InChI=1S/C23H26FN3O2S/c1-16(12-17-2-4-18(24)5-3-17)13-26-7-9-27(10-8-26)14-21-19-15-28-20-6-11-30-23(20)22(19)25-29-21/h2-6,11-12,19,21H,7-10,13-15H2,1H3/b16-12+. The maximum atomic E-state index is 13.1. The van der Waals surface area contributed by atoms with E-state index in [-0.39, 0.29) is 17.8 Å². The smallest absolute Gasteiger partial charge is 0.151 e. The summed E-state index contributed by atoms with van der Waals surface area (Å²) in [5.74, 6) is 0.979. The van der Waals surface area contributed by atoms with Crippen LogP contribution in [-0.4, -0.2) is 67.5 Å². The van der Waals surface area contributed by atoms with E-state index in [1.807, 2.05) is 18.2 Å². The lowest BCUT2D eigenvalue weighted by Gasteiger charge is -2.36. The molecule has 0 spiro atoms. The average molecular weight is 428 g/mol. The number of piperazine rings is 1. The minimum Gasteiger partial charge on any atom is -0.491 e. The third kappa shape index (κ3) is 4.15. The summed E-state index contributed by atoms with van der Waals surface area (Å²) in [5.41, 5.74) is 3.40. The topological polar surface area (TPSA) is 37.3 Å². The van der Waals surface area contributed by atoms with Crippen molar-refractivity contribution in [3.05, 3.63) is 57.5 Å². The number of hydrogen-bond donors (Lipinski definition) is 0. The summed E-state index contributed by atoms with van der Waals surface area (Å²) in [6, 6.07) is 8.67. The van der Waals surface area contributed by atoms with Crippen molar-refractivity contribution in [2.45, 2.75) is 13.0 Å². The van der Waals surface area contributed by atoms with E-state index in [9.17, 15) is 4.39 Å². The van der Waals surface area contributed by atoms with Gasteiger partial charge in [0.25, 0.3) is 0 Å². The van der Waals surface area contributed by atoms with Crippen LogP contribution < -0.4 is 4.74 Å². The Morgan fingerprint density at radius 3 is 2.73 bits per heavy atom. The molecule has 5 rings (SSSR count). The molecule has 0 radical (unpaired) electrons. The third-order valence-electron chi connectivity index (χ3n) is 6.03. The van der Waals surface area contributed by atoms with Crippen molar-refractivity contribution in [1.29, 1.82) is 0 Å². The molecule has 4 heterocycles. The van der Waals surface area contributed by atoms with Crippen LogP contribution in [-0.2, 0) is 4.84 Å². The number of halogens is 1. The number of oxime groups is 1. The van der Waals surface area contributed by atoms with Gasteiger partial charge in [0.1, 0.15) is 23.9 Å². The lowest BCUT2D eigenvalue weighted by atomic mass is 9.94. The van der Waals surface area contributed by atoms with E-state index in [1.165, 1.54) is 17.7 Å². The normalized spacial score (nSPS) is 24.6. The molecule has 2 atom stereocenters. The van der Waals surface area contributed by atoms with E-state index in [0.717, 1.165) is 61.2 Å². The van der Waals surface area contributed by atoms with Crippen molar-refractivity contribution in [3.63, 3.8) is 0 Å². The summed E-state index contributed by atoms with van der Waals surface area (Å²) < 4.78 is 19.0. The van der Waals surface area contributed by atoms with Gasteiger partial charge in [0, 0.05) is 39.3 Å². The predicted octanol–water partition coefficient (Wildman–Crippen LogP) is 3.72. The molecule has 0 aliphatic carbocycles. The van der Waals surface area contributed by atoms with Crippen LogP contribution in [0.15, 0.2) is 46.4 Å². The van der Waals surface area contributed by atoms with Crippen LogP contribution in [0.3, 0.4) is 0 Å². The third-order valence-corrected chi connectivity index (χ3v) is 6.94. The van der Waals surface area contributed by atoms with Crippen molar-refractivity contribution < 1.29 is 14.0 Å². The van der Waals surface area contributed by atoms with Crippen LogP contribution in [0.5, 0.6) is 5.75 Å². The van der Waals surface area contributed by atoms with Crippen molar-refractivity contribution in [2.75, 3.05) is 45.9 Å². The van der Waals surface area contributed by atoms with E-state index in [1.54, 1.807) is 11.3 Å². The zero-order valence-corrected chi connectivity index (χ0v) is 17.9. The molecule has 0 amide bonds. The van der Waals surface area contributed by atoms with Gasteiger partial charge in [-0.2, -0.15) is 0 Å². The first kappa shape index (κ1) is 19.7. The van der Waals surface area contributed by atoms with Gasteiger partial charge in [-0.3, -0.25) is 9.80 Å². The van der Waals surface area contributed by atoms with Gasteiger partial charge < -0.3 is 9.57 Å². The van der Waals surface area contributed by atoms with E-state index in [2.05, 4.69) is 33.3 Å². The maximum Gasteiger partial charge on any atom is 0.151 e. The van der Waals surface area contributed by atoms with Crippen LogP contribution in [0.2, 0.25) is 0 Å². The summed E-state index contributed by atoms with van der Waals surface area (Å²) in [7, 11) is 0. The second-order valence-corrected chi connectivity index (χ2v) is 9.19. The molecule has 158 valence electrons. The Morgan fingerprint density at radius 2 is 1.93 bits per heavy atom. The second kappa shape index (κ2) is 8.49.